The van der Waals surface area contributed by atoms with E-state index in [-0.39, 0.29) is 28.6 Å². The van der Waals surface area contributed by atoms with Gasteiger partial charge >= 0.3 is 12.3 Å². The molecule has 1 aliphatic rings. The summed E-state index contributed by atoms with van der Waals surface area (Å²) in [5.41, 5.74) is 0.419. The molecule has 198 valence electrons. The number of aromatic nitrogens is 2. The SMILES string of the molecule is O=C(O)C(Cc1ccc(-c2noc(C3CCCCC3)n2)c(F)c1)NS(=O)c1ccc(OC(F)(F)F)cc1. The summed E-state index contributed by atoms with van der Waals surface area (Å²) >= 11 is 0. The quantitative estimate of drug-likeness (QED) is 0.361. The van der Waals surface area contributed by atoms with Crippen molar-refractivity contribution >= 4 is 17.0 Å². The van der Waals surface area contributed by atoms with Crippen LogP contribution in [0.2, 0.25) is 0 Å². The molecular weight excluding hydrogens is 518 g/mol. The summed E-state index contributed by atoms with van der Waals surface area (Å²) < 4.78 is 75.8. The standard InChI is InChI=1S/C24H23F4N3O5S/c25-19-12-14(6-11-18(19)21-29-22(36-30-21)15-4-2-1-3-5-15)13-20(23(32)33)31-37(34)17-9-7-16(8-10-17)35-24(26,27)28/h6-12,15,20,31H,1-5,13H2,(H,32,33). The molecule has 0 amide bonds. The highest BCUT2D eigenvalue weighted by molar-refractivity contribution is 7.83. The van der Waals surface area contributed by atoms with Crippen LogP contribution in [0.5, 0.6) is 5.75 Å². The van der Waals surface area contributed by atoms with Gasteiger partial charge in [0, 0.05) is 5.92 Å². The van der Waals surface area contributed by atoms with Crippen molar-refractivity contribution in [3.05, 3.63) is 59.7 Å². The van der Waals surface area contributed by atoms with Crippen LogP contribution in [0.4, 0.5) is 17.6 Å². The Bertz CT molecular complexity index is 1260. The zero-order chi connectivity index (χ0) is 26.6. The highest BCUT2D eigenvalue weighted by atomic mass is 32.2. The molecule has 0 bridgehead atoms. The van der Waals surface area contributed by atoms with Crippen molar-refractivity contribution in [2.45, 2.75) is 61.7 Å². The number of benzene rings is 2. The summed E-state index contributed by atoms with van der Waals surface area (Å²) in [5.74, 6) is -1.77. The number of rotatable bonds is 9. The molecule has 3 aromatic rings. The lowest BCUT2D eigenvalue weighted by molar-refractivity contribution is -0.274. The average Bonchev–Trinajstić information content (AvgIpc) is 3.33. The van der Waals surface area contributed by atoms with Crippen molar-refractivity contribution in [2.24, 2.45) is 0 Å². The lowest BCUT2D eigenvalue weighted by Crippen LogP contribution is -2.39. The molecular formula is C24H23F4N3O5S. The number of hydrogen-bond acceptors (Lipinski definition) is 6. The Morgan fingerprint density at radius 1 is 1.16 bits per heavy atom. The Hall–Kier alpha value is -3.32. The minimum absolute atomic E-state index is 0.0354. The van der Waals surface area contributed by atoms with Crippen molar-refractivity contribution in [1.29, 1.82) is 0 Å². The lowest BCUT2D eigenvalue weighted by Gasteiger charge is -2.17. The van der Waals surface area contributed by atoms with Crippen molar-refractivity contribution in [3.63, 3.8) is 0 Å². The lowest BCUT2D eigenvalue weighted by atomic mass is 9.89. The topological polar surface area (TPSA) is 115 Å². The van der Waals surface area contributed by atoms with E-state index in [2.05, 4.69) is 19.6 Å². The van der Waals surface area contributed by atoms with Crippen LogP contribution in [0.25, 0.3) is 11.4 Å². The molecule has 1 aromatic heterocycles. The second-order valence-corrected chi connectivity index (χ2v) is 9.85. The van der Waals surface area contributed by atoms with Crippen molar-refractivity contribution in [2.75, 3.05) is 0 Å². The molecule has 2 atom stereocenters. The first-order chi connectivity index (χ1) is 17.6. The number of nitrogens with one attached hydrogen (secondary N) is 1. The fourth-order valence-electron chi connectivity index (χ4n) is 4.10. The van der Waals surface area contributed by atoms with E-state index >= 15 is 0 Å². The van der Waals surface area contributed by atoms with Gasteiger partial charge in [-0.2, -0.15) is 4.98 Å². The predicted octanol–water partition coefficient (Wildman–Crippen LogP) is 5.13. The zero-order valence-electron chi connectivity index (χ0n) is 19.3. The third-order valence-electron chi connectivity index (χ3n) is 5.93. The molecule has 8 nitrogen and oxygen atoms in total. The fourth-order valence-corrected chi connectivity index (χ4v) is 5.07. The molecule has 37 heavy (non-hydrogen) atoms. The van der Waals surface area contributed by atoms with Gasteiger partial charge in [-0.3, -0.25) is 4.79 Å². The van der Waals surface area contributed by atoms with E-state index in [4.69, 9.17) is 4.52 Å². The first-order valence-electron chi connectivity index (χ1n) is 11.5. The normalized spacial score (nSPS) is 16.3. The number of carbonyl (C=O) groups is 1. The number of carboxylic acids is 1. The van der Waals surface area contributed by atoms with Crippen molar-refractivity contribution < 1.29 is 40.9 Å². The number of halogens is 4. The number of hydrogen-bond donors (Lipinski definition) is 2. The van der Waals surface area contributed by atoms with Crippen LogP contribution in [0.1, 0.15) is 49.5 Å². The van der Waals surface area contributed by atoms with Crippen LogP contribution in [-0.2, 0) is 22.2 Å². The summed E-state index contributed by atoms with van der Waals surface area (Å²) in [7, 11) is -2.07. The first kappa shape index (κ1) is 26.7. The molecule has 1 heterocycles. The van der Waals surface area contributed by atoms with Gasteiger partial charge in [-0.25, -0.2) is 13.3 Å². The van der Waals surface area contributed by atoms with Crippen LogP contribution in [0, 0.1) is 5.82 Å². The van der Waals surface area contributed by atoms with Gasteiger partial charge in [0.05, 0.1) is 10.5 Å². The van der Waals surface area contributed by atoms with E-state index in [1.165, 1.54) is 12.1 Å². The summed E-state index contributed by atoms with van der Waals surface area (Å²) in [6.45, 7) is 0. The third-order valence-corrected chi connectivity index (χ3v) is 7.13. The maximum Gasteiger partial charge on any atom is 0.573 e. The van der Waals surface area contributed by atoms with E-state index in [1.807, 2.05) is 0 Å². The molecule has 0 saturated heterocycles. The third kappa shape index (κ3) is 7.13. The molecule has 2 unspecified atom stereocenters. The van der Waals surface area contributed by atoms with E-state index in [1.54, 1.807) is 0 Å². The maximum atomic E-state index is 14.9. The molecule has 1 aliphatic carbocycles. The molecule has 1 saturated carbocycles. The number of alkyl halides is 3. The van der Waals surface area contributed by atoms with Crippen LogP contribution in [0.15, 0.2) is 51.9 Å². The summed E-state index contributed by atoms with van der Waals surface area (Å²) in [6.07, 6.45) is 0.113. The zero-order valence-corrected chi connectivity index (χ0v) is 20.2. The predicted molar refractivity (Wildman–Crippen MR) is 123 cm³/mol. The fraction of sp³-hybridized carbons (Fsp3) is 0.375. The van der Waals surface area contributed by atoms with Crippen LogP contribution >= 0.6 is 0 Å². The summed E-state index contributed by atoms with van der Waals surface area (Å²) in [4.78, 5) is 16.1. The van der Waals surface area contributed by atoms with Crippen LogP contribution < -0.4 is 9.46 Å². The Labute approximate surface area is 211 Å². The Balaban J connectivity index is 1.42. The van der Waals surface area contributed by atoms with E-state index in [0.717, 1.165) is 62.4 Å². The smallest absolute Gasteiger partial charge is 0.480 e. The molecule has 13 heteroatoms. The number of nitrogens with zero attached hydrogens (tertiary/aromatic N) is 2. The van der Waals surface area contributed by atoms with E-state index in [9.17, 15) is 31.7 Å². The van der Waals surface area contributed by atoms with E-state index < -0.39 is 40.9 Å². The molecule has 2 aromatic carbocycles. The van der Waals surface area contributed by atoms with Crippen molar-refractivity contribution in [3.8, 4) is 17.1 Å². The minimum Gasteiger partial charge on any atom is -0.480 e. The van der Waals surface area contributed by atoms with E-state index in [0.29, 0.717) is 11.5 Å². The van der Waals surface area contributed by atoms with Crippen LogP contribution in [-0.4, -0.2) is 37.8 Å². The monoisotopic (exact) mass is 541 g/mol. The molecule has 1 fully saturated rings. The van der Waals surface area contributed by atoms with Gasteiger partial charge in [-0.05, 0) is 61.2 Å². The highest BCUT2D eigenvalue weighted by Gasteiger charge is 2.31. The van der Waals surface area contributed by atoms with Gasteiger partial charge in [0.15, 0.2) is 0 Å². The molecule has 4 rings (SSSR count). The highest BCUT2D eigenvalue weighted by Crippen LogP contribution is 2.33. The largest absolute Gasteiger partial charge is 0.573 e. The second kappa shape index (κ2) is 11.4. The van der Waals surface area contributed by atoms with Gasteiger partial charge in [0.1, 0.15) is 28.6 Å². The number of ether oxygens (including phenoxy) is 1. The van der Waals surface area contributed by atoms with Gasteiger partial charge in [-0.15, -0.1) is 13.2 Å². The van der Waals surface area contributed by atoms with Gasteiger partial charge in [-0.1, -0.05) is 30.5 Å². The maximum absolute atomic E-state index is 14.9. The molecule has 0 spiro atoms. The number of carboxylic acid groups (broad SMARTS) is 1. The Morgan fingerprint density at radius 3 is 2.49 bits per heavy atom. The second-order valence-electron chi connectivity index (χ2n) is 8.61. The minimum atomic E-state index is -4.88. The molecule has 2 N–H and O–H groups in total. The Morgan fingerprint density at radius 2 is 1.86 bits per heavy atom. The van der Waals surface area contributed by atoms with Crippen molar-refractivity contribution in [1.82, 2.24) is 14.9 Å². The summed E-state index contributed by atoms with van der Waals surface area (Å²) in [5, 5.41) is 13.5. The van der Waals surface area contributed by atoms with Gasteiger partial charge in [0.2, 0.25) is 11.7 Å². The van der Waals surface area contributed by atoms with Gasteiger partial charge in [0.25, 0.3) is 0 Å². The summed E-state index contributed by atoms with van der Waals surface area (Å²) in [6, 6.07) is 6.87. The molecule has 0 aliphatic heterocycles. The van der Waals surface area contributed by atoms with Gasteiger partial charge < -0.3 is 14.4 Å². The van der Waals surface area contributed by atoms with Crippen LogP contribution in [0.3, 0.4) is 0 Å². The Kier molecular flexibility index (Phi) is 8.22. The average molecular weight is 542 g/mol. The first-order valence-corrected chi connectivity index (χ1v) is 12.6. The molecule has 0 radical (unpaired) electrons. The number of aliphatic carboxylic acids is 1.